The Morgan fingerprint density at radius 2 is 1.89 bits per heavy atom. The molecular formula is C22H26N2O3. The van der Waals surface area contributed by atoms with Gasteiger partial charge in [0.15, 0.2) is 11.5 Å². The van der Waals surface area contributed by atoms with E-state index in [4.69, 9.17) is 9.47 Å². The van der Waals surface area contributed by atoms with Crippen LogP contribution in [0.4, 0.5) is 0 Å². The van der Waals surface area contributed by atoms with Crippen molar-refractivity contribution in [2.24, 2.45) is 0 Å². The van der Waals surface area contributed by atoms with Gasteiger partial charge in [0.05, 0.1) is 6.54 Å². The Bertz CT molecular complexity index is 793. The molecule has 142 valence electrons. The lowest BCUT2D eigenvalue weighted by atomic mass is 10.0. The smallest absolute Gasteiger partial charge is 0.236 e. The predicted octanol–water partition coefficient (Wildman–Crippen LogP) is 3.25. The van der Waals surface area contributed by atoms with E-state index >= 15 is 0 Å². The highest BCUT2D eigenvalue weighted by Gasteiger charge is 2.29. The van der Waals surface area contributed by atoms with E-state index in [-0.39, 0.29) is 11.9 Å². The predicted molar refractivity (Wildman–Crippen MR) is 104 cm³/mol. The number of amides is 1. The molecule has 0 aliphatic carbocycles. The summed E-state index contributed by atoms with van der Waals surface area (Å²) in [5.74, 6) is 1.79. The van der Waals surface area contributed by atoms with Gasteiger partial charge in [-0.25, -0.2) is 0 Å². The molecule has 0 N–H and O–H groups in total. The fraction of sp³-hybridized carbons (Fsp3) is 0.409. The summed E-state index contributed by atoms with van der Waals surface area (Å²) in [6.07, 6.45) is 2.17. The number of carbonyl (C=O) groups excluding carboxylic acids is 1. The van der Waals surface area contributed by atoms with E-state index in [2.05, 4.69) is 29.2 Å². The zero-order valence-corrected chi connectivity index (χ0v) is 15.8. The van der Waals surface area contributed by atoms with Gasteiger partial charge < -0.3 is 14.4 Å². The summed E-state index contributed by atoms with van der Waals surface area (Å²) in [4.78, 5) is 16.9. The molecule has 1 atom stereocenters. The topological polar surface area (TPSA) is 42.0 Å². The van der Waals surface area contributed by atoms with Crippen LogP contribution in [-0.2, 0) is 11.3 Å². The molecular weight excluding hydrogens is 340 g/mol. The Kier molecular flexibility index (Phi) is 5.30. The fourth-order valence-electron chi connectivity index (χ4n) is 3.90. The summed E-state index contributed by atoms with van der Waals surface area (Å²) >= 11 is 0. The van der Waals surface area contributed by atoms with Gasteiger partial charge in [-0.05, 0) is 42.6 Å². The van der Waals surface area contributed by atoms with Crippen LogP contribution in [0, 0.1) is 0 Å². The molecule has 2 aliphatic heterocycles. The van der Waals surface area contributed by atoms with E-state index in [0.717, 1.165) is 36.4 Å². The molecule has 4 rings (SSSR count). The summed E-state index contributed by atoms with van der Waals surface area (Å²) in [6, 6.07) is 16.5. The van der Waals surface area contributed by atoms with Crippen LogP contribution in [0.5, 0.6) is 11.5 Å². The summed E-state index contributed by atoms with van der Waals surface area (Å²) in [7, 11) is 1.88. The van der Waals surface area contributed by atoms with Crippen LogP contribution in [0.3, 0.4) is 0 Å². The molecule has 1 saturated heterocycles. The monoisotopic (exact) mass is 366 g/mol. The number of likely N-dealkylation sites (N-methyl/N-ethyl adjacent to an activating group) is 1. The second-order valence-corrected chi connectivity index (χ2v) is 7.27. The second-order valence-electron chi connectivity index (χ2n) is 7.27. The number of hydrogen-bond donors (Lipinski definition) is 0. The van der Waals surface area contributed by atoms with Gasteiger partial charge in [0.2, 0.25) is 5.91 Å². The average molecular weight is 366 g/mol. The van der Waals surface area contributed by atoms with Gasteiger partial charge in [-0.2, -0.15) is 0 Å². The quantitative estimate of drug-likeness (QED) is 0.815. The molecule has 27 heavy (non-hydrogen) atoms. The SMILES string of the molecule is CN(Cc1ccccc1)C(=O)CN1CCC[C@@H]1c1ccc2c(c1)OCCO2. The fourth-order valence-corrected chi connectivity index (χ4v) is 3.90. The molecule has 0 aromatic heterocycles. The third kappa shape index (κ3) is 4.08. The van der Waals surface area contributed by atoms with Crippen LogP contribution in [0.1, 0.15) is 30.0 Å². The zero-order chi connectivity index (χ0) is 18.6. The van der Waals surface area contributed by atoms with Crippen molar-refractivity contribution in [1.29, 1.82) is 0 Å². The van der Waals surface area contributed by atoms with Gasteiger partial charge in [0, 0.05) is 19.6 Å². The molecule has 0 radical (unpaired) electrons. The molecule has 2 aliphatic rings. The van der Waals surface area contributed by atoms with E-state index in [9.17, 15) is 4.79 Å². The number of ether oxygens (including phenoxy) is 2. The van der Waals surface area contributed by atoms with E-state index in [0.29, 0.717) is 26.3 Å². The Hall–Kier alpha value is -2.53. The highest BCUT2D eigenvalue weighted by molar-refractivity contribution is 5.78. The molecule has 0 bridgehead atoms. The van der Waals surface area contributed by atoms with Gasteiger partial charge in [-0.1, -0.05) is 36.4 Å². The average Bonchev–Trinajstić information content (AvgIpc) is 3.16. The maximum atomic E-state index is 12.8. The first-order valence-electron chi connectivity index (χ1n) is 9.62. The van der Waals surface area contributed by atoms with Crippen molar-refractivity contribution in [3.05, 3.63) is 59.7 Å². The third-order valence-electron chi connectivity index (χ3n) is 5.34. The Labute approximate surface area is 160 Å². The molecule has 2 aromatic rings. The number of rotatable bonds is 5. The lowest BCUT2D eigenvalue weighted by Gasteiger charge is -2.28. The number of carbonyl (C=O) groups is 1. The van der Waals surface area contributed by atoms with Gasteiger partial charge in [-0.3, -0.25) is 9.69 Å². The molecule has 1 fully saturated rings. The van der Waals surface area contributed by atoms with Crippen LogP contribution in [-0.4, -0.2) is 49.1 Å². The van der Waals surface area contributed by atoms with Gasteiger partial charge >= 0.3 is 0 Å². The molecule has 2 heterocycles. The zero-order valence-electron chi connectivity index (χ0n) is 15.8. The lowest BCUT2D eigenvalue weighted by molar-refractivity contribution is -0.131. The Morgan fingerprint density at radius 1 is 1.11 bits per heavy atom. The first kappa shape index (κ1) is 17.9. The van der Waals surface area contributed by atoms with Crippen LogP contribution in [0.15, 0.2) is 48.5 Å². The van der Waals surface area contributed by atoms with Gasteiger partial charge in [-0.15, -0.1) is 0 Å². The first-order chi connectivity index (χ1) is 13.2. The molecule has 5 heteroatoms. The van der Waals surface area contributed by atoms with Crippen molar-refractivity contribution in [2.45, 2.75) is 25.4 Å². The minimum atomic E-state index is 0.156. The van der Waals surface area contributed by atoms with Crippen LogP contribution in [0.25, 0.3) is 0 Å². The van der Waals surface area contributed by atoms with Gasteiger partial charge in [0.25, 0.3) is 0 Å². The number of nitrogens with zero attached hydrogens (tertiary/aromatic N) is 2. The third-order valence-corrected chi connectivity index (χ3v) is 5.34. The summed E-state index contributed by atoms with van der Waals surface area (Å²) < 4.78 is 11.3. The van der Waals surface area contributed by atoms with Crippen molar-refractivity contribution in [3.8, 4) is 11.5 Å². The standard InChI is InChI=1S/C22H26N2O3/c1-23(15-17-6-3-2-4-7-17)22(25)16-24-11-5-8-19(24)18-9-10-20-21(14-18)27-13-12-26-20/h2-4,6-7,9-10,14,19H,5,8,11-13,15-16H2,1H3/t19-/m1/s1. The molecule has 0 spiro atoms. The normalized spacial score (nSPS) is 19.1. The minimum Gasteiger partial charge on any atom is -0.486 e. The maximum Gasteiger partial charge on any atom is 0.236 e. The number of fused-ring (bicyclic) bond motifs is 1. The van der Waals surface area contributed by atoms with E-state index < -0.39 is 0 Å². The summed E-state index contributed by atoms with van der Waals surface area (Å²) in [5, 5.41) is 0. The highest BCUT2D eigenvalue weighted by atomic mass is 16.6. The van der Waals surface area contributed by atoms with Crippen molar-refractivity contribution in [3.63, 3.8) is 0 Å². The second kappa shape index (κ2) is 8.01. The van der Waals surface area contributed by atoms with Crippen molar-refractivity contribution in [2.75, 3.05) is 33.4 Å². The van der Waals surface area contributed by atoms with Gasteiger partial charge in [0.1, 0.15) is 13.2 Å². The minimum absolute atomic E-state index is 0.156. The molecule has 0 unspecified atom stereocenters. The number of benzene rings is 2. The van der Waals surface area contributed by atoms with Crippen LogP contribution < -0.4 is 9.47 Å². The van der Waals surface area contributed by atoms with Crippen molar-refractivity contribution >= 4 is 5.91 Å². The largest absolute Gasteiger partial charge is 0.486 e. The summed E-state index contributed by atoms with van der Waals surface area (Å²) in [5.41, 5.74) is 2.36. The first-order valence-corrected chi connectivity index (χ1v) is 9.62. The summed E-state index contributed by atoms with van der Waals surface area (Å²) in [6.45, 7) is 3.23. The Balaban J connectivity index is 1.41. The lowest BCUT2D eigenvalue weighted by Crippen LogP contribution is -2.37. The van der Waals surface area contributed by atoms with E-state index in [1.807, 2.05) is 36.2 Å². The highest BCUT2D eigenvalue weighted by Crippen LogP contribution is 2.37. The van der Waals surface area contributed by atoms with E-state index in [1.165, 1.54) is 5.56 Å². The molecule has 1 amide bonds. The van der Waals surface area contributed by atoms with E-state index in [1.54, 1.807) is 0 Å². The van der Waals surface area contributed by atoms with Crippen LogP contribution >= 0.6 is 0 Å². The van der Waals surface area contributed by atoms with Crippen molar-refractivity contribution < 1.29 is 14.3 Å². The van der Waals surface area contributed by atoms with Crippen LogP contribution in [0.2, 0.25) is 0 Å². The molecule has 0 saturated carbocycles. The molecule has 5 nitrogen and oxygen atoms in total. The maximum absolute atomic E-state index is 12.8. The number of hydrogen-bond acceptors (Lipinski definition) is 4. The Morgan fingerprint density at radius 3 is 2.70 bits per heavy atom. The molecule has 2 aromatic carbocycles. The number of likely N-dealkylation sites (tertiary alicyclic amines) is 1. The van der Waals surface area contributed by atoms with Crippen molar-refractivity contribution in [1.82, 2.24) is 9.80 Å².